The van der Waals surface area contributed by atoms with E-state index in [9.17, 15) is 4.79 Å². The number of aryl methyl sites for hydroxylation is 1. The molecule has 4 nitrogen and oxygen atoms in total. The molecule has 0 aliphatic heterocycles. The number of nitrogens with zero attached hydrogens (tertiary/aromatic N) is 2. The summed E-state index contributed by atoms with van der Waals surface area (Å²) in [5.41, 5.74) is 0.915. The Kier molecular flexibility index (Phi) is 2.99. The molecule has 0 spiro atoms. The number of aliphatic carboxylic acids is 1. The minimum Gasteiger partial charge on any atom is -0.481 e. The summed E-state index contributed by atoms with van der Waals surface area (Å²) >= 11 is 0. The molecule has 1 N–H and O–H groups in total. The summed E-state index contributed by atoms with van der Waals surface area (Å²) < 4.78 is 2.24. The van der Waals surface area contributed by atoms with Crippen LogP contribution in [0.25, 0.3) is 0 Å². The van der Waals surface area contributed by atoms with Crippen molar-refractivity contribution >= 4 is 5.97 Å². The Morgan fingerprint density at radius 2 is 2.31 bits per heavy atom. The van der Waals surface area contributed by atoms with Crippen LogP contribution in [-0.4, -0.2) is 20.6 Å². The summed E-state index contributed by atoms with van der Waals surface area (Å²) in [6.45, 7) is 4.25. The Morgan fingerprint density at radius 1 is 1.62 bits per heavy atom. The second-order valence-electron chi connectivity index (χ2n) is 4.78. The highest BCUT2D eigenvalue weighted by Crippen LogP contribution is 2.37. The first-order valence-electron chi connectivity index (χ1n) is 5.87. The lowest BCUT2D eigenvalue weighted by Gasteiger charge is -2.07. The number of imidazole rings is 1. The largest absolute Gasteiger partial charge is 0.481 e. The van der Waals surface area contributed by atoms with Crippen LogP contribution in [0.1, 0.15) is 56.6 Å². The van der Waals surface area contributed by atoms with Gasteiger partial charge in [0, 0.05) is 24.6 Å². The first kappa shape index (κ1) is 11.2. The SMILES string of the molecule is CC(C)c1nc(CCC(=O)O)cn1C1CC1. The molecule has 0 amide bonds. The lowest BCUT2D eigenvalue weighted by molar-refractivity contribution is -0.136. The monoisotopic (exact) mass is 222 g/mol. The highest BCUT2D eigenvalue weighted by Gasteiger charge is 2.27. The molecule has 1 heterocycles. The van der Waals surface area contributed by atoms with Crippen LogP contribution in [0, 0.1) is 0 Å². The molecule has 16 heavy (non-hydrogen) atoms. The van der Waals surface area contributed by atoms with Gasteiger partial charge in [-0.2, -0.15) is 0 Å². The smallest absolute Gasteiger partial charge is 0.303 e. The topological polar surface area (TPSA) is 55.1 Å². The predicted molar refractivity (Wildman–Crippen MR) is 60.5 cm³/mol. The maximum Gasteiger partial charge on any atom is 0.303 e. The molecule has 0 radical (unpaired) electrons. The van der Waals surface area contributed by atoms with Crippen molar-refractivity contribution in [2.75, 3.05) is 0 Å². The Hall–Kier alpha value is -1.32. The van der Waals surface area contributed by atoms with Crippen LogP contribution in [0.5, 0.6) is 0 Å². The summed E-state index contributed by atoms with van der Waals surface area (Å²) in [5.74, 6) is 0.745. The number of hydrogen-bond donors (Lipinski definition) is 1. The summed E-state index contributed by atoms with van der Waals surface area (Å²) in [6.07, 6.45) is 5.20. The molecule has 1 aromatic rings. The average molecular weight is 222 g/mol. The molecule has 0 atom stereocenters. The van der Waals surface area contributed by atoms with Crippen molar-refractivity contribution < 1.29 is 9.90 Å². The molecule has 1 saturated carbocycles. The molecule has 1 aliphatic carbocycles. The van der Waals surface area contributed by atoms with Crippen LogP contribution in [0.2, 0.25) is 0 Å². The van der Waals surface area contributed by atoms with Gasteiger partial charge in [0.1, 0.15) is 5.82 Å². The summed E-state index contributed by atoms with van der Waals surface area (Å²) in [7, 11) is 0. The second kappa shape index (κ2) is 4.28. The van der Waals surface area contributed by atoms with E-state index in [-0.39, 0.29) is 6.42 Å². The zero-order valence-electron chi connectivity index (χ0n) is 9.81. The van der Waals surface area contributed by atoms with Gasteiger partial charge in [0.2, 0.25) is 0 Å². The molecule has 0 aromatic carbocycles. The maximum absolute atomic E-state index is 10.5. The molecule has 1 fully saturated rings. The van der Waals surface area contributed by atoms with Gasteiger partial charge in [-0.3, -0.25) is 4.79 Å². The van der Waals surface area contributed by atoms with Crippen LogP contribution < -0.4 is 0 Å². The number of hydrogen-bond acceptors (Lipinski definition) is 2. The van der Waals surface area contributed by atoms with Gasteiger partial charge in [0.25, 0.3) is 0 Å². The number of aromatic nitrogens is 2. The molecule has 1 aromatic heterocycles. The van der Waals surface area contributed by atoms with Gasteiger partial charge >= 0.3 is 5.97 Å². The van der Waals surface area contributed by atoms with Crippen molar-refractivity contribution in [1.29, 1.82) is 0 Å². The maximum atomic E-state index is 10.5. The summed E-state index contributed by atoms with van der Waals surface area (Å²) in [6, 6.07) is 0.614. The van der Waals surface area contributed by atoms with Gasteiger partial charge in [0.05, 0.1) is 12.1 Å². The first-order valence-corrected chi connectivity index (χ1v) is 5.87. The highest BCUT2D eigenvalue weighted by atomic mass is 16.4. The Morgan fingerprint density at radius 3 is 2.81 bits per heavy atom. The number of carboxylic acid groups (broad SMARTS) is 1. The number of carbonyl (C=O) groups is 1. The molecule has 2 rings (SSSR count). The molecule has 0 unspecified atom stereocenters. The standard InChI is InChI=1S/C12H18N2O2/c1-8(2)12-13-9(3-6-11(15)16)7-14(12)10-4-5-10/h7-8,10H,3-6H2,1-2H3,(H,15,16). The fourth-order valence-corrected chi connectivity index (χ4v) is 1.89. The average Bonchev–Trinajstić information content (AvgIpc) is 2.95. The van der Waals surface area contributed by atoms with Crippen LogP contribution in [0.15, 0.2) is 6.20 Å². The molecule has 0 bridgehead atoms. The van der Waals surface area contributed by atoms with E-state index in [4.69, 9.17) is 5.11 Å². The van der Waals surface area contributed by atoms with Crippen molar-refractivity contribution in [3.8, 4) is 0 Å². The minimum absolute atomic E-state index is 0.166. The molecular weight excluding hydrogens is 204 g/mol. The fourth-order valence-electron chi connectivity index (χ4n) is 1.89. The van der Waals surface area contributed by atoms with Crippen molar-refractivity contribution in [1.82, 2.24) is 9.55 Å². The van der Waals surface area contributed by atoms with E-state index >= 15 is 0 Å². The van der Waals surface area contributed by atoms with E-state index < -0.39 is 5.97 Å². The Bertz CT molecular complexity index is 372. The van der Waals surface area contributed by atoms with Gasteiger partial charge in [0.15, 0.2) is 0 Å². The second-order valence-corrected chi connectivity index (χ2v) is 4.78. The third-order valence-electron chi connectivity index (χ3n) is 2.86. The van der Waals surface area contributed by atoms with Gasteiger partial charge < -0.3 is 9.67 Å². The van der Waals surface area contributed by atoms with Gasteiger partial charge in [-0.1, -0.05) is 13.8 Å². The van der Waals surface area contributed by atoms with E-state index in [1.54, 1.807) is 0 Å². The number of rotatable bonds is 5. The zero-order valence-corrected chi connectivity index (χ0v) is 9.81. The number of carboxylic acids is 1. The molecule has 4 heteroatoms. The third kappa shape index (κ3) is 2.43. The molecular formula is C12H18N2O2. The van der Waals surface area contributed by atoms with Crippen molar-refractivity contribution in [3.05, 3.63) is 17.7 Å². The zero-order chi connectivity index (χ0) is 11.7. The Labute approximate surface area is 95.3 Å². The summed E-state index contributed by atoms with van der Waals surface area (Å²) in [4.78, 5) is 15.1. The van der Waals surface area contributed by atoms with Crippen LogP contribution >= 0.6 is 0 Å². The third-order valence-corrected chi connectivity index (χ3v) is 2.86. The van der Waals surface area contributed by atoms with Crippen molar-refractivity contribution in [3.63, 3.8) is 0 Å². The molecule has 88 valence electrons. The quantitative estimate of drug-likeness (QED) is 0.832. The van der Waals surface area contributed by atoms with Gasteiger partial charge in [-0.05, 0) is 12.8 Å². The Balaban J connectivity index is 2.14. The van der Waals surface area contributed by atoms with Crippen molar-refractivity contribution in [2.24, 2.45) is 0 Å². The predicted octanol–water partition coefficient (Wildman–Crippen LogP) is 2.36. The fraction of sp³-hybridized carbons (Fsp3) is 0.667. The van der Waals surface area contributed by atoms with Gasteiger partial charge in [-0.25, -0.2) is 4.98 Å². The van der Waals surface area contributed by atoms with E-state index in [1.807, 2.05) is 6.20 Å². The van der Waals surface area contributed by atoms with Crippen LogP contribution in [-0.2, 0) is 11.2 Å². The highest BCUT2D eigenvalue weighted by molar-refractivity contribution is 5.66. The van der Waals surface area contributed by atoms with E-state index in [0.29, 0.717) is 18.4 Å². The van der Waals surface area contributed by atoms with Gasteiger partial charge in [-0.15, -0.1) is 0 Å². The normalized spacial score (nSPS) is 15.7. The van der Waals surface area contributed by atoms with Crippen LogP contribution in [0.3, 0.4) is 0 Å². The van der Waals surface area contributed by atoms with E-state index in [0.717, 1.165) is 11.5 Å². The molecule has 1 aliphatic rings. The lowest BCUT2D eigenvalue weighted by Crippen LogP contribution is -2.02. The summed E-state index contributed by atoms with van der Waals surface area (Å²) in [5, 5.41) is 8.65. The lowest BCUT2D eigenvalue weighted by atomic mass is 10.2. The minimum atomic E-state index is -0.757. The first-order chi connectivity index (χ1) is 7.58. The van der Waals surface area contributed by atoms with Crippen molar-refractivity contribution in [2.45, 2.75) is 51.5 Å². The molecule has 0 saturated heterocycles. The van der Waals surface area contributed by atoms with E-state index in [2.05, 4.69) is 23.4 Å². The van der Waals surface area contributed by atoms with E-state index in [1.165, 1.54) is 12.8 Å². The van der Waals surface area contributed by atoms with Crippen LogP contribution in [0.4, 0.5) is 0 Å².